The first-order valence-corrected chi connectivity index (χ1v) is 7.41. The molecule has 2 rings (SSSR count). The van der Waals surface area contributed by atoms with E-state index in [0.717, 1.165) is 8.95 Å². The monoisotopic (exact) mass is 431 g/mol. The fourth-order valence-electron chi connectivity index (χ4n) is 1.53. The summed E-state index contributed by atoms with van der Waals surface area (Å²) in [6, 6.07) is 10.6. The predicted octanol–water partition coefficient (Wildman–Crippen LogP) is 4.79. The van der Waals surface area contributed by atoms with Gasteiger partial charge in [0, 0.05) is 30.2 Å². The van der Waals surface area contributed by atoms with Crippen LogP contribution in [0.4, 0.5) is 5.69 Å². The van der Waals surface area contributed by atoms with Crippen molar-refractivity contribution in [2.24, 2.45) is 0 Å². The molecule has 92 valence electrons. The summed E-state index contributed by atoms with van der Waals surface area (Å²) in [6.45, 7) is 0. The Labute approximate surface area is 130 Å². The van der Waals surface area contributed by atoms with Crippen LogP contribution < -0.4 is 5.73 Å². The van der Waals surface area contributed by atoms with Gasteiger partial charge in [0.1, 0.15) is 0 Å². The van der Waals surface area contributed by atoms with Gasteiger partial charge in [-0.3, -0.25) is 4.79 Å². The van der Waals surface area contributed by atoms with Crippen molar-refractivity contribution in [3.8, 4) is 0 Å². The van der Waals surface area contributed by atoms with Crippen molar-refractivity contribution in [1.29, 1.82) is 0 Å². The lowest BCUT2D eigenvalue weighted by Crippen LogP contribution is -2.04. The molecule has 0 radical (unpaired) electrons. The zero-order chi connectivity index (χ0) is 13.3. The average molecular weight is 434 g/mol. The van der Waals surface area contributed by atoms with Gasteiger partial charge in [-0.15, -0.1) is 0 Å². The third-order valence-electron chi connectivity index (χ3n) is 2.41. The van der Waals surface area contributed by atoms with E-state index in [1.165, 1.54) is 0 Å². The molecule has 5 heteroatoms. The van der Waals surface area contributed by atoms with Gasteiger partial charge in [-0.1, -0.05) is 31.9 Å². The number of benzene rings is 2. The molecule has 0 saturated carbocycles. The summed E-state index contributed by atoms with van der Waals surface area (Å²) in [5.41, 5.74) is 7.47. The molecule has 0 bridgehead atoms. The minimum atomic E-state index is -0.0601. The zero-order valence-corrected chi connectivity index (χ0v) is 13.8. The maximum Gasteiger partial charge on any atom is 0.195 e. The van der Waals surface area contributed by atoms with E-state index in [0.29, 0.717) is 21.3 Å². The van der Waals surface area contributed by atoms with E-state index in [2.05, 4.69) is 47.8 Å². The second-order valence-corrected chi connectivity index (χ2v) is 6.32. The van der Waals surface area contributed by atoms with Crippen molar-refractivity contribution in [2.75, 3.05) is 5.73 Å². The molecular weight excluding hydrogens is 426 g/mol. The van der Waals surface area contributed by atoms with Crippen molar-refractivity contribution in [1.82, 2.24) is 0 Å². The van der Waals surface area contributed by atoms with E-state index < -0.39 is 0 Å². The summed E-state index contributed by atoms with van der Waals surface area (Å²) in [5.74, 6) is -0.0601. The van der Waals surface area contributed by atoms with Crippen molar-refractivity contribution >= 4 is 59.3 Å². The number of anilines is 1. The van der Waals surface area contributed by atoms with Crippen molar-refractivity contribution in [3.63, 3.8) is 0 Å². The van der Waals surface area contributed by atoms with Gasteiger partial charge >= 0.3 is 0 Å². The van der Waals surface area contributed by atoms with Crippen molar-refractivity contribution in [2.45, 2.75) is 0 Å². The highest BCUT2D eigenvalue weighted by atomic mass is 79.9. The van der Waals surface area contributed by atoms with Crippen LogP contribution in [0.15, 0.2) is 49.8 Å². The lowest BCUT2D eigenvalue weighted by molar-refractivity contribution is 0.103. The largest absolute Gasteiger partial charge is 0.399 e. The number of nitrogens with two attached hydrogens (primary N) is 1. The van der Waals surface area contributed by atoms with Crippen LogP contribution in [-0.4, -0.2) is 5.78 Å². The molecule has 0 aliphatic rings. The Morgan fingerprint density at radius 3 is 2.28 bits per heavy atom. The van der Waals surface area contributed by atoms with Gasteiger partial charge in [-0.05, 0) is 52.3 Å². The number of nitrogen functional groups attached to an aromatic ring is 1. The third-order valence-corrected chi connectivity index (χ3v) is 4.25. The Morgan fingerprint density at radius 1 is 0.889 bits per heavy atom. The fourth-order valence-corrected chi connectivity index (χ4v) is 2.90. The predicted molar refractivity (Wildman–Crippen MR) is 83.8 cm³/mol. The standard InChI is InChI=1S/C13H8Br3NO/c14-7-1-4-11(15)10(5-7)13(18)9-3-2-8(17)6-12(9)16/h1-6H,17H2. The Morgan fingerprint density at radius 2 is 1.61 bits per heavy atom. The number of hydrogen-bond donors (Lipinski definition) is 1. The van der Waals surface area contributed by atoms with E-state index in [1.807, 2.05) is 12.1 Å². The Hall–Kier alpha value is -0.650. The van der Waals surface area contributed by atoms with Crippen LogP contribution >= 0.6 is 47.8 Å². The van der Waals surface area contributed by atoms with E-state index in [1.54, 1.807) is 24.3 Å². The van der Waals surface area contributed by atoms with Crippen LogP contribution in [0.3, 0.4) is 0 Å². The van der Waals surface area contributed by atoms with Crippen molar-refractivity contribution in [3.05, 3.63) is 60.9 Å². The van der Waals surface area contributed by atoms with Gasteiger partial charge in [0.2, 0.25) is 0 Å². The Bertz CT molecular complexity index is 626. The van der Waals surface area contributed by atoms with Crippen LogP contribution in [0.25, 0.3) is 0 Å². The van der Waals surface area contributed by atoms with Gasteiger partial charge in [0.05, 0.1) is 0 Å². The van der Waals surface area contributed by atoms with Gasteiger partial charge in [0.25, 0.3) is 0 Å². The van der Waals surface area contributed by atoms with E-state index in [9.17, 15) is 4.79 Å². The maximum absolute atomic E-state index is 12.4. The van der Waals surface area contributed by atoms with Crippen LogP contribution in [0.1, 0.15) is 15.9 Å². The van der Waals surface area contributed by atoms with E-state index in [-0.39, 0.29) is 5.78 Å². The highest BCUT2D eigenvalue weighted by molar-refractivity contribution is 9.11. The molecule has 2 aromatic rings. The number of hydrogen-bond acceptors (Lipinski definition) is 2. The molecule has 0 unspecified atom stereocenters. The summed E-state index contributed by atoms with van der Waals surface area (Å²) < 4.78 is 2.32. The molecule has 0 fully saturated rings. The molecule has 0 heterocycles. The smallest absolute Gasteiger partial charge is 0.195 e. The van der Waals surface area contributed by atoms with Gasteiger partial charge in [-0.2, -0.15) is 0 Å². The molecule has 18 heavy (non-hydrogen) atoms. The first-order valence-electron chi connectivity index (χ1n) is 5.04. The topological polar surface area (TPSA) is 43.1 Å². The molecule has 0 amide bonds. The second kappa shape index (κ2) is 5.55. The average Bonchev–Trinajstić information content (AvgIpc) is 2.31. The Kier molecular flexibility index (Phi) is 4.25. The third kappa shape index (κ3) is 2.84. The first-order chi connectivity index (χ1) is 8.49. The van der Waals surface area contributed by atoms with Crippen molar-refractivity contribution < 1.29 is 4.79 Å². The number of rotatable bonds is 2. The molecule has 0 spiro atoms. The molecule has 0 aliphatic heterocycles. The lowest BCUT2D eigenvalue weighted by Gasteiger charge is -2.07. The number of carbonyl (C=O) groups is 1. The highest BCUT2D eigenvalue weighted by Crippen LogP contribution is 2.28. The summed E-state index contributed by atoms with van der Waals surface area (Å²) in [6.07, 6.45) is 0. The second-order valence-electron chi connectivity index (χ2n) is 3.69. The zero-order valence-electron chi connectivity index (χ0n) is 9.08. The Balaban J connectivity index is 2.51. The van der Waals surface area contributed by atoms with E-state index >= 15 is 0 Å². The molecule has 2 N–H and O–H groups in total. The van der Waals surface area contributed by atoms with Gasteiger partial charge in [-0.25, -0.2) is 0 Å². The fraction of sp³-hybridized carbons (Fsp3) is 0. The lowest BCUT2D eigenvalue weighted by atomic mass is 10.0. The quantitative estimate of drug-likeness (QED) is 0.546. The molecular formula is C13H8Br3NO. The number of carbonyl (C=O) groups excluding carboxylic acids is 1. The van der Waals surface area contributed by atoms with Gasteiger partial charge in [0.15, 0.2) is 5.78 Å². The van der Waals surface area contributed by atoms with Crippen LogP contribution in [0.5, 0.6) is 0 Å². The minimum absolute atomic E-state index is 0.0601. The molecule has 0 aliphatic carbocycles. The molecule has 2 aromatic carbocycles. The van der Waals surface area contributed by atoms with Crippen LogP contribution in [0.2, 0.25) is 0 Å². The minimum Gasteiger partial charge on any atom is -0.399 e. The summed E-state index contributed by atoms with van der Waals surface area (Å²) >= 11 is 10.1. The molecule has 0 atom stereocenters. The van der Waals surface area contributed by atoms with Gasteiger partial charge < -0.3 is 5.73 Å². The van der Waals surface area contributed by atoms with Crippen LogP contribution in [-0.2, 0) is 0 Å². The normalized spacial score (nSPS) is 10.4. The SMILES string of the molecule is Nc1ccc(C(=O)c2cc(Br)ccc2Br)c(Br)c1. The summed E-state index contributed by atoms with van der Waals surface area (Å²) in [5, 5.41) is 0. The number of ketones is 1. The molecule has 0 saturated heterocycles. The summed E-state index contributed by atoms with van der Waals surface area (Å²) in [4.78, 5) is 12.4. The number of halogens is 3. The molecule has 2 nitrogen and oxygen atoms in total. The first kappa shape index (κ1) is 13.8. The van der Waals surface area contributed by atoms with Crippen LogP contribution in [0, 0.1) is 0 Å². The van der Waals surface area contributed by atoms with E-state index in [4.69, 9.17) is 5.73 Å². The summed E-state index contributed by atoms with van der Waals surface area (Å²) in [7, 11) is 0. The highest BCUT2D eigenvalue weighted by Gasteiger charge is 2.15. The maximum atomic E-state index is 12.4. The molecule has 0 aromatic heterocycles.